The molecule has 0 radical (unpaired) electrons. The van der Waals surface area contributed by atoms with Gasteiger partial charge < -0.3 is 19.9 Å². The molecule has 7 heteroatoms. The van der Waals surface area contributed by atoms with Gasteiger partial charge in [0.15, 0.2) is 0 Å². The molecule has 2 aromatic heterocycles. The van der Waals surface area contributed by atoms with E-state index in [2.05, 4.69) is 20.6 Å². The second-order valence-corrected chi connectivity index (χ2v) is 5.62. The van der Waals surface area contributed by atoms with Crippen LogP contribution in [0.3, 0.4) is 0 Å². The van der Waals surface area contributed by atoms with E-state index in [1.54, 1.807) is 7.11 Å². The lowest BCUT2D eigenvalue weighted by Crippen LogP contribution is -2.30. The van der Waals surface area contributed by atoms with E-state index in [0.29, 0.717) is 18.9 Å². The van der Waals surface area contributed by atoms with Crippen molar-refractivity contribution >= 4 is 11.7 Å². The SMILES string of the molecule is COc1ccccc1CC(=O)NCCNc1cc(-n2cccc2)ncn1. The molecule has 0 spiro atoms. The van der Waals surface area contributed by atoms with E-state index in [9.17, 15) is 4.79 Å². The smallest absolute Gasteiger partial charge is 0.224 e. The molecule has 2 heterocycles. The highest BCUT2D eigenvalue weighted by atomic mass is 16.5. The van der Waals surface area contributed by atoms with Gasteiger partial charge in [-0.1, -0.05) is 18.2 Å². The van der Waals surface area contributed by atoms with Crippen molar-refractivity contribution in [3.05, 3.63) is 66.7 Å². The first-order chi connectivity index (χ1) is 12.8. The van der Waals surface area contributed by atoms with Gasteiger partial charge in [0.05, 0.1) is 13.5 Å². The number of aromatic nitrogens is 3. The summed E-state index contributed by atoms with van der Waals surface area (Å²) in [4.78, 5) is 20.5. The number of methoxy groups -OCH3 is 1. The molecule has 0 unspecified atom stereocenters. The molecule has 0 aliphatic heterocycles. The van der Waals surface area contributed by atoms with Crippen molar-refractivity contribution in [3.63, 3.8) is 0 Å². The number of nitrogens with zero attached hydrogens (tertiary/aromatic N) is 3. The molecule has 0 aliphatic rings. The lowest BCUT2D eigenvalue weighted by atomic mass is 10.1. The number of rotatable bonds is 8. The summed E-state index contributed by atoms with van der Waals surface area (Å²) in [5, 5.41) is 6.07. The number of para-hydroxylation sites is 1. The molecule has 3 aromatic rings. The summed E-state index contributed by atoms with van der Waals surface area (Å²) >= 11 is 0. The Kier molecular flexibility index (Phi) is 5.82. The van der Waals surface area contributed by atoms with E-state index in [0.717, 1.165) is 17.1 Å². The van der Waals surface area contributed by atoms with Crippen molar-refractivity contribution < 1.29 is 9.53 Å². The Morgan fingerprint density at radius 3 is 2.73 bits per heavy atom. The number of benzene rings is 1. The minimum Gasteiger partial charge on any atom is -0.496 e. The number of ether oxygens (including phenoxy) is 1. The molecule has 3 rings (SSSR count). The lowest BCUT2D eigenvalue weighted by Gasteiger charge is -2.10. The number of hydrogen-bond acceptors (Lipinski definition) is 5. The van der Waals surface area contributed by atoms with Crippen LogP contribution in [0.1, 0.15) is 5.56 Å². The molecule has 0 saturated carbocycles. The van der Waals surface area contributed by atoms with E-state index in [-0.39, 0.29) is 12.3 Å². The first-order valence-corrected chi connectivity index (χ1v) is 8.34. The van der Waals surface area contributed by atoms with Crippen molar-refractivity contribution in [1.82, 2.24) is 19.9 Å². The monoisotopic (exact) mass is 351 g/mol. The summed E-state index contributed by atoms with van der Waals surface area (Å²) in [7, 11) is 1.60. The number of nitrogens with one attached hydrogen (secondary N) is 2. The number of carbonyl (C=O) groups excluding carboxylic acids is 1. The molecule has 1 amide bonds. The Labute approximate surface area is 152 Å². The molecular weight excluding hydrogens is 330 g/mol. The third kappa shape index (κ3) is 4.60. The maximum absolute atomic E-state index is 12.1. The highest BCUT2D eigenvalue weighted by molar-refractivity contribution is 5.79. The zero-order chi connectivity index (χ0) is 18.2. The summed E-state index contributed by atoms with van der Waals surface area (Å²) in [6.07, 6.45) is 5.64. The van der Waals surface area contributed by atoms with E-state index in [1.165, 1.54) is 6.33 Å². The largest absolute Gasteiger partial charge is 0.496 e. The molecule has 2 N–H and O–H groups in total. The van der Waals surface area contributed by atoms with Crippen molar-refractivity contribution in [2.45, 2.75) is 6.42 Å². The molecule has 134 valence electrons. The van der Waals surface area contributed by atoms with E-state index in [4.69, 9.17) is 4.74 Å². The Balaban J connectivity index is 1.45. The fourth-order valence-electron chi connectivity index (χ4n) is 2.55. The summed E-state index contributed by atoms with van der Waals surface area (Å²) in [5.74, 6) is 2.17. The minimum atomic E-state index is -0.0491. The fourth-order valence-corrected chi connectivity index (χ4v) is 2.55. The van der Waals surface area contributed by atoms with Gasteiger partial charge in [0.2, 0.25) is 5.91 Å². The van der Waals surface area contributed by atoms with Crippen LogP contribution in [0.5, 0.6) is 5.75 Å². The second kappa shape index (κ2) is 8.66. The molecule has 0 fully saturated rings. The average molecular weight is 351 g/mol. The van der Waals surface area contributed by atoms with Gasteiger partial charge in [-0.05, 0) is 18.2 Å². The summed E-state index contributed by atoms with van der Waals surface area (Å²) in [6, 6.07) is 13.2. The van der Waals surface area contributed by atoms with Crippen molar-refractivity contribution in [3.8, 4) is 11.6 Å². The third-order valence-corrected chi connectivity index (χ3v) is 3.82. The normalized spacial score (nSPS) is 10.3. The zero-order valence-electron chi connectivity index (χ0n) is 14.6. The molecule has 0 aliphatic carbocycles. The fraction of sp³-hybridized carbons (Fsp3) is 0.211. The second-order valence-electron chi connectivity index (χ2n) is 5.62. The number of anilines is 1. The van der Waals surface area contributed by atoms with E-state index < -0.39 is 0 Å². The van der Waals surface area contributed by atoms with Crippen LogP contribution in [0.15, 0.2) is 61.2 Å². The van der Waals surface area contributed by atoms with Gasteiger partial charge in [-0.3, -0.25) is 4.79 Å². The first kappa shape index (κ1) is 17.5. The number of hydrogen-bond donors (Lipinski definition) is 2. The Hall–Kier alpha value is -3.35. The van der Waals surface area contributed by atoms with Crippen LogP contribution in [0, 0.1) is 0 Å². The van der Waals surface area contributed by atoms with Crippen molar-refractivity contribution in [2.24, 2.45) is 0 Å². The van der Waals surface area contributed by atoms with E-state index >= 15 is 0 Å². The van der Waals surface area contributed by atoms with Gasteiger partial charge in [-0.2, -0.15) is 0 Å². The molecule has 1 aromatic carbocycles. The van der Waals surface area contributed by atoms with Gasteiger partial charge in [0.25, 0.3) is 0 Å². The van der Waals surface area contributed by atoms with Crippen LogP contribution in [0.25, 0.3) is 5.82 Å². The third-order valence-electron chi connectivity index (χ3n) is 3.82. The Morgan fingerprint density at radius 1 is 1.12 bits per heavy atom. The predicted molar refractivity (Wildman–Crippen MR) is 99.6 cm³/mol. The van der Waals surface area contributed by atoms with Gasteiger partial charge in [-0.25, -0.2) is 9.97 Å². The molecule has 7 nitrogen and oxygen atoms in total. The highest BCUT2D eigenvalue weighted by Gasteiger charge is 2.07. The number of amides is 1. The molecular formula is C19H21N5O2. The zero-order valence-corrected chi connectivity index (χ0v) is 14.6. The van der Waals surface area contributed by atoms with Crippen LogP contribution < -0.4 is 15.4 Å². The molecule has 0 bridgehead atoms. The Bertz CT molecular complexity index is 849. The minimum absolute atomic E-state index is 0.0491. The highest BCUT2D eigenvalue weighted by Crippen LogP contribution is 2.17. The molecule has 26 heavy (non-hydrogen) atoms. The van der Waals surface area contributed by atoms with Crippen molar-refractivity contribution in [1.29, 1.82) is 0 Å². The van der Waals surface area contributed by atoms with Crippen LogP contribution in [0.4, 0.5) is 5.82 Å². The summed E-state index contributed by atoms with van der Waals surface area (Å²) in [6.45, 7) is 1.07. The van der Waals surface area contributed by atoms with Crippen LogP contribution in [-0.2, 0) is 11.2 Å². The van der Waals surface area contributed by atoms with Crippen LogP contribution in [0.2, 0.25) is 0 Å². The lowest BCUT2D eigenvalue weighted by molar-refractivity contribution is -0.120. The molecule has 0 saturated heterocycles. The van der Waals surface area contributed by atoms with Crippen LogP contribution in [-0.4, -0.2) is 40.6 Å². The quantitative estimate of drug-likeness (QED) is 0.607. The van der Waals surface area contributed by atoms with Gasteiger partial charge in [0, 0.05) is 37.1 Å². The average Bonchev–Trinajstić information content (AvgIpc) is 3.21. The topological polar surface area (TPSA) is 81.1 Å². The maximum atomic E-state index is 12.1. The van der Waals surface area contributed by atoms with Crippen molar-refractivity contribution in [2.75, 3.05) is 25.5 Å². The number of carbonyl (C=O) groups is 1. The van der Waals surface area contributed by atoms with Gasteiger partial charge in [0.1, 0.15) is 23.7 Å². The molecule has 0 atom stereocenters. The van der Waals surface area contributed by atoms with Gasteiger partial charge >= 0.3 is 0 Å². The summed E-state index contributed by atoms with van der Waals surface area (Å²) in [5.41, 5.74) is 0.868. The first-order valence-electron chi connectivity index (χ1n) is 8.34. The standard InChI is InChI=1S/C19H21N5O2/c1-26-16-7-3-2-6-15(16)12-19(25)21-9-8-20-17-13-18(23-14-22-17)24-10-4-5-11-24/h2-7,10-11,13-14H,8-9,12H2,1H3,(H,21,25)(H,20,22,23). The van der Waals surface area contributed by atoms with Gasteiger partial charge in [-0.15, -0.1) is 0 Å². The van der Waals surface area contributed by atoms with E-state index in [1.807, 2.05) is 59.4 Å². The predicted octanol–water partition coefficient (Wildman–Crippen LogP) is 2.05. The van der Waals surface area contributed by atoms with Crippen LogP contribution >= 0.6 is 0 Å². The Morgan fingerprint density at radius 2 is 1.92 bits per heavy atom. The summed E-state index contributed by atoms with van der Waals surface area (Å²) < 4.78 is 7.17. The maximum Gasteiger partial charge on any atom is 0.224 e.